The molecule has 1 aromatic heterocycles. The average molecular weight is 439 g/mol. The summed E-state index contributed by atoms with van der Waals surface area (Å²) >= 11 is 5.98. The SMILES string of the molecule is OC1CCN(Cc2cn(CC3CC3)c3ccc(OCCc4ccc(Cl)cc4)cc23)CC1. The van der Waals surface area contributed by atoms with E-state index >= 15 is 0 Å². The van der Waals surface area contributed by atoms with E-state index in [0.29, 0.717) is 6.61 Å². The van der Waals surface area contributed by atoms with E-state index < -0.39 is 0 Å². The Labute approximate surface area is 189 Å². The second-order valence-corrected chi connectivity index (χ2v) is 9.60. The smallest absolute Gasteiger partial charge is 0.120 e. The number of aromatic nitrogens is 1. The molecule has 2 aliphatic rings. The Balaban J connectivity index is 1.32. The van der Waals surface area contributed by atoms with E-state index in [9.17, 15) is 5.11 Å². The summed E-state index contributed by atoms with van der Waals surface area (Å²) in [5.74, 6) is 1.77. The molecule has 5 heteroatoms. The van der Waals surface area contributed by atoms with Gasteiger partial charge in [-0.25, -0.2) is 0 Å². The molecular weight excluding hydrogens is 408 g/mol. The van der Waals surface area contributed by atoms with Crippen LogP contribution < -0.4 is 4.74 Å². The highest BCUT2D eigenvalue weighted by Crippen LogP contribution is 2.34. The van der Waals surface area contributed by atoms with Crippen molar-refractivity contribution in [2.45, 2.75) is 51.3 Å². The van der Waals surface area contributed by atoms with Crippen LogP contribution in [-0.2, 0) is 19.5 Å². The maximum atomic E-state index is 9.84. The van der Waals surface area contributed by atoms with Crippen molar-refractivity contribution in [3.63, 3.8) is 0 Å². The van der Waals surface area contributed by atoms with E-state index in [1.165, 1.54) is 34.9 Å². The molecule has 0 amide bonds. The molecule has 31 heavy (non-hydrogen) atoms. The summed E-state index contributed by atoms with van der Waals surface area (Å²) in [4.78, 5) is 2.47. The van der Waals surface area contributed by atoms with Gasteiger partial charge in [0, 0.05) is 54.7 Å². The summed E-state index contributed by atoms with van der Waals surface area (Å²) in [6, 6.07) is 14.5. The predicted molar refractivity (Wildman–Crippen MR) is 126 cm³/mol. The Morgan fingerprint density at radius 3 is 2.52 bits per heavy atom. The van der Waals surface area contributed by atoms with Crippen molar-refractivity contribution in [3.8, 4) is 5.75 Å². The fourth-order valence-corrected chi connectivity index (χ4v) is 4.68. The maximum Gasteiger partial charge on any atom is 0.120 e. The fourth-order valence-electron chi connectivity index (χ4n) is 4.55. The van der Waals surface area contributed by atoms with Gasteiger partial charge in [-0.2, -0.15) is 0 Å². The topological polar surface area (TPSA) is 37.6 Å². The van der Waals surface area contributed by atoms with Gasteiger partial charge < -0.3 is 14.4 Å². The van der Waals surface area contributed by atoms with Crippen molar-refractivity contribution >= 4 is 22.5 Å². The number of hydrogen-bond donors (Lipinski definition) is 1. The third kappa shape index (κ3) is 5.25. The van der Waals surface area contributed by atoms with Gasteiger partial charge in [-0.3, -0.25) is 4.90 Å². The Kier molecular flexibility index (Phi) is 6.22. The molecule has 5 rings (SSSR count). The summed E-state index contributed by atoms with van der Waals surface area (Å²) in [5.41, 5.74) is 3.91. The van der Waals surface area contributed by atoms with Crippen molar-refractivity contribution < 1.29 is 9.84 Å². The van der Waals surface area contributed by atoms with Crippen molar-refractivity contribution in [1.29, 1.82) is 0 Å². The monoisotopic (exact) mass is 438 g/mol. The van der Waals surface area contributed by atoms with Gasteiger partial charge in [0.2, 0.25) is 0 Å². The molecule has 2 heterocycles. The Bertz CT molecular complexity index is 1020. The number of halogens is 1. The van der Waals surface area contributed by atoms with Crippen molar-refractivity contribution in [1.82, 2.24) is 9.47 Å². The van der Waals surface area contributed by atoms with Crippen molar-refractivity contribution in [3.05, 3.63) is 64.8 Å². The van der Waals surface area contributed by atoms with Crippen LogP contribution in [-0.4, -0.2) is 40.4 Å². The summed E-state index contributed by atoms with van der Waals surface area (Å²) in [5, 5.41) is 11.9. The molecule has 2 fully saturated rings. The zero-order chi connectivity index (χ0) is 21.2. The average Bonchev–Trinajstić information content (AvgIpc) is 3.53. The van der Waals surface area contributed by atoms with Gasteiger partial charge in [-0.15, -0.1) is 0 Å². The van der Waals surface area contributed by atoms with E-state index in [1.54, 1.807) is 0 Å². The molecule has 1 saturated carbocycles. The standard InChI is InChI=1S/C26H31ClN2O2/c27-22-5-3-19(4-6-22)11-14-31-24-7-8-26-25(15-24)21(18-29(26)16-20-1-2-20)17-28-12-9-23(30)10-13-28/h3-8,15,18,20,23,30H,1-2,9-14,16-17H2. The van der Waals surface area contributed by atoms with Gasteiger partial charge >= 0.3 is 0 Å². The molecule has 3 aromatic rings. The number of rotatable bonds is 8. The summed E-state index contributed by atoms with van der Waals surface area (Å²) in [6.45, 7) is 4.64. The lowest BCUT2D eigenvalue weighted by Gasteiger charge is -2.29. The Hall–Kier alpha value is -2.01. The Morgan fingerprint density at radius 2 is 1.77 bits per heavy atom. The highest BCUT2D eigenvalue weighted by Gasteiger charge is 2.24. The number of fused-ring (bicyclic) bond motifs is 1. The normalized spacial score (nSPS) is 18.0. The molecule has 1 aliphatic heterocycles. The van der Waals surface area contributed by atoms with Crippen molar-refractivity contribution in [2.24, 2.45) is 5.92 Å². The third-order valence-corrected chi connectivity index (χ3v) is 6.86. The van der Waals surface area contributed by atoms with E-state index in [1.807, 2.05) is 12.1 Å². The first-order valence-corrected chi connectivity index (χ1v) is 11.9. The van der Waals surface area contributed by atoms with Gasteiger partial charge in [0.15, 0.2) is 0 Å². The second kappa shape index (κ2) is 9.23. The van der Waals surface area contributed by atoms with E-state index in [2.05, 4.69) is 46.0 Å². The van der Waals surface area contributed by atoms with Gasteiger partial charge in [0.25, 0.3) is 0 Å². The number of likely N-dealkylation sites (tertiary alicyclic amines) is 1. The first-order chi connectivity index (χ1) is 15.1. The van der Waals surface area contributed by atoms with Crippen LogP contribution in [0.15, 0.2) is 48.7 Å². The van der Waals surface area contributed by atoms with Crippen LogP contribution >= 0.6 is 11.6 Å². The lowest BCUT2D eigenvalue weighted by atomic mass is 10.1. The first kappa shape index (κ1) is 20.9. The molecule has 1 N–H and O–H groups in total. The van der Waals surface area contributed by atoms with Crippen LogP contribution in [0.1, 0.15) is 36.8 Å². The summed E-state index contributed by atoms with van der Waals surface area (Å²) in [6.07, 6.45) is 7.54. The molecule has 2 aromatic carbocycles. The number of ether oxygens (including phenoxy) is 1. The number of aliphatic hydroxyl groups excluding tert-OH is 1. The number of aliphatic hydroxyl groups is 1. The molecule has 1 saturated heterocycles. The quantitative estimate of drug-likeness (QED) is 0.519. The maximum absolute atomic E-state index is 9.84. The summed E-state index contributed by atoms with van der Waals surface area (Å²) < 4.78 is 8.56. The molecule has 0 spiro atoms. The van der Waals surface area contributed by atoms with Gasteiger partial charge in [-0.05, 0) is 73.1 Å². The number of benzene rings is 2. The number of piperidine rings is 1. The minimum absolute atomic E-state index is 0.131. The zero-order valence-electron chi connectivity index (χ0n) is 18.0. The number of hydrogen-bond acceptors (Lipinski definition) is 3. The third-order valence-electron chi connectivity index (χ3n) is 6.61. The highest BCUT2D eigenvalue weighted by molar-refractivity contribution is 6.30. The minimum atomic E-state index is -0.131. The number of nitrogens with zero attached hydrogens (tertiary/aromatic N) is 2. The van der Waals surface area contributed by atoms with Gasteiger partial charge in [-0.1, -0.05) is 23.7 Å². The van der Waals surface area contributed by atoms with Gasteiger partial charge in [0.05, 0.1) is 12.7 Å². The molecular formula is C26H31ClN2O2. The molecule has 0 atom stereocenters. The van der Waals surface area contributed by atoms with Crippen LogP contribution in [0, 0.1) is 5.92 Å². The predicted octanol–water partition coefficient (Wildman–Crippen LogP) is 5.28. The molecule has 0 radical (unpaired) electrons. The van der Waals surface area contributed by atoms with Crippen LogP contribution in [0.4, 0.5) is 0 Å². The van der Waals surface area contributed by atoms with Crippen molar-refractivity contribution in [2.75, 3.05) is 19.7 Å². The van der Waals surface area contributed by atoms with E-state index in [4.69, 9.17) is 16.3 Å². The van der Waals surface area contributed by atoms with E-state index in [-0.39, 0.29) is 6.10 Å². The lowest BCUT2D eigenvalue weighted by Crippen LogP contribution is -2.35. The molecule has 0 unspecified atom stereocenters. The fraction of sp³-hybridized carbons (Fsp3) is 0.462. The van der Waals surface area contributed by atoms with Crippen LogP contribution in [0.3, 0.4) is 0 Å². The highest BCUT2D eigenvalue weighted by atomic mass is 35.5. The lowest BCUT2D eigenvalue weighted by molar-refractivity contribution is 0.0794. The Morgan fingerprint density at radius 1 is 1.00 bits per heavy atom. The zero-order valence-corrected chi connectivity index (χ0v) is 18.7. The first-order valence-electron chi connectivity index (χ1n) is 11.5. The van der Waals surface area contributed by atoms with Gasteiger partial charge in [0.1, 0.15) is 5.75 Å². The second-order valence-electron chi connectivity index (χ2n) is 9.16. The van der Waals surface area contributed by atoms with Crippen LogP contribution in [0.25, 0.3) is 10.9 Å². The van der Waals surface area contributed by atoms with Crippen LogP contribution in [0.5, 0.6) is 5.75 Å². The van der Waals surface area contributed by atoms with Crippen LogP contribution in [0.2, 0.25) is 5.02 Å². The van der Waals surface area contributed by atoms with E-state index in [0.717, 1.165) is 62.1 Å². The molecule has 0 bridgehead atoms. The molecule has 4 nitrogen and oxygen atoms in total. The molecule has 164 valence electrons. The minimum Gasteiger partial charge on any atom is -0.493 e. The summed E-state index contributed by atoms with van der Waals surface area (Å²) in [7, 11) is 0. The largest absolute Gasteiger partial charge is 0.493 e. The molecule has 1 aliphatic carbocycles.